The van der Waals surface area contributed by atoms with Gasteiger partial charge in [-0.05, 0) is 30.2 Å². The van der Waals surface area contributed by atoms with Crippen molar-refractivity contribution in [3.8, 4) is 0 Å². The van der Waals surface area contributed by atoms with Gasteiger partial charge in [-0.1, -0.05) is 24.3 Å². The van der Waals surface area contributed by atoms with Crippen molar-refractivity contribution in [2.75, 3.05) is 11.9 Å². The standard InChI is InChI=1S/C14H16N4O2/c15-8-7-11-3-5-12(6-4-11)10-17-14-13(18(19)20)2-1-9-16-14/h1-6,9H,7-8,10,15H2,(H,16,17). The number of hydrogen-bond acceptors (Lipinski definition) is 5. The fourth-order valence-electron chi connectivity index (χ4n) is 1.86. The molecule has 0 amide bonds. The molecule has 1 aromatic heterocycles. The number of aromatic nitrogens is 1. The van der Waals surface area contributed by atoms with Gasteiger partial charge in [-0.15, -0.1) is 0 Å². The molecule has 0 unspecified atom stereocenters. The monoisotopic (exact) mass is 272 g/mol. The number of rotatable bonds is 6. The SMILES string of the molecule is NCCc1ccc(CNc2ncccc2[N+](=O)[O-])cc1. The molecule has 0 radical (unpaired) electrons. The van der Waals surface area contributed by atoms with Crippen molar-refractivity contribution in [3.05, 3.63) is 63.8 Å². The molecule has 6 nitrogen and oxygen atoms in total. The van der Waals surface area contributed by atoms with Crippen molar-refractivity contribution < 1.29 is 4.92 Å². The molecule has 1 aromatic carbocycles. The van der Waals surface area contributed by atoms with Gasteiger partial charge in [-0.25, -0.2) is 4.98 Å². The van der Waals surface area contributed by atoms with E-state index in [0.717, 1.165) is 12.0 Å². The summed E-state index contributed by atoms with van der Waals surface area (Å²) in [5, 5.41) is 13.8. The van der Waals surface area contributed by atoms with Crippen LogP contribution in [0.4, 0.5) is 11.5 Å². The molecule has 3 N–H and O–H groups in total. The first-order valence-corrected chi connectivity index (χ1v) is 6.32. The van der Waals surface area contributed by atoms with Crippen molar-refractivity contribution in [1.82, 2.24) is 4.98 Å². The first kappa shape index (κ1) is 14.0. The van der Waals surface area contributed by atoms with Crippen LogP contribution in [-0.4, -0.2) is 16.5 Å². The molecule has 0 saturated carbocycles. The van der Waals surface area contributed by atoms with Crippen LogP contribution in [0.1, 0.15) is 11.1 Å². The number of nitrogens with zero attached hydrogens (tertiary/aromatic N) is 2. The lowest BCUT2D eigenvalue weighted by Crippen LogP contribution is -2.05. The summed E-state index contributed by atoms with van der Waals surface area (Å²) < 4.78 is 0. The van der Waals surface area contributed by atoms with Gasteiger partial charge in [-0.3, -0.25) is 10.1 Å². The third-order valence-corrected chi connectivity index (χ3v) is 2.90. The molecule has 0 aliphatic rings. The first-order valence-electron chi connectivity index (χ1n) is 6.32. The van der Waals surface area contributed by atoms with Crippen LogP contribution >= 0.6 is 0 Å². The van der Waals surface area contributed by atoms with E-state index in [4.69, 9.17) is 5.73 Å². The number of nitrogens with two attached hydrogens (primary N) is 1. The average molecular weight is 272 g/mol. The van der Waals surface area contributed by atoms with Gasteiger partial charge >= 0.3 is 5.69 Å². The molecular weight excluding hydrogens is 256 g/mol. The maximum Gasteiger partial charge on any atom is 0.311 e. The summed E-state index contributed by atoms with van der Waals surface area (Å²) in [6.45, 7) is 1.11. The number of hydrogen-bond donors (Lipinski definition) is 2. The molecular formula is C14H16N4O2. The van der Waals surface area contributed by atoms with Crippen LogP contribution in [-0.2, 0) is 13.0 Å². The van der Waals surface area contributed by atoms with Gasteiger partial charge in [0.05, 0.1) is 4.92 Å². The molecule has 1 heterocycles. The Morgan fingerprint density at radius 1 is 1.20 bits per heavy atom. The minimum absolute atomic E-state index is 0.0211. The van der Waals surface area contributed by atoms with Gasteiger partial charge in [0.25, 0.3) is 0 Å². The highest BCUT2D eigenvalue weighted by molar-refractivity contribution is 5.55. The highest BCUT2D eigenvalue weighted by atomic mass is 16.6. The van der Waals surface area contributed by atoms with Gasteiger partial charge < -0.3 is 11.1 Å². The normalized spacial score (nSPS) is 10.2. The maximum absolute atomic E-state index is 10.9. The molecule has 0 aliphatic carbocycles. The molecule has 2 aromatic rings. The molecule has 6 heteroatoms. The van der Waals surface area contributed by atoms with Crippen molar-refractivity contribution in [2.24, 2.45) is 5.73 Å². The van der Waals surface area contributed by atoms with Crippen LogP contribution in [0, 0.1) is 10.1 Å². The summed E-state index contributed by atoms with van der Waals surface area (Å²) in [6.07, 6.45) is 2.37. The Balaban J connectivity index is 2.03. The lowest BCUT2D eigenvalue weighted by molar-refractivity contribution is -0.384. The Morgan fingerprint density at radius 3 is 2.55 bits per heavy atom. The summed E-state index contributed by atoms with van der Waals surface area (Å²) in [7, 11) is 0. The van der Waals surface area contributed by atoms with Crippen LogP contribution in [0.3, 0.4) is 0 Å². The fourth-order valence-corrected chi connectivity index (χ4v) is 1.86. The van der Waals surface area contributed by atoms with Gasteiger partial charge in [0.15, 0.2) is 0 Å². The van der Waals surface area contributed by atoms with Crippen molar-refractivity contribution in [1.29, 1.82) is 0 Å². The van der Waals surface area contributed by atoms with E-state index in [1.165, 1.54) is 17.8 Å². The molecule has 0 aliphatic heterocycles. The van der Waals surface area contributed by atoms with Gasteiger partial charge in [0.1, 0.15) is 0 Å². The molecule has 2 rings (SSSR count). The van der Waals surface area contributed by atoms with E-state index >= 15 is 0 Å². The summed E-state index contributed by atoms with van der Waals surface area (Å²) in [5.41, 5.74) is 7.69. The van der Waals surface area contributed by atoms with Gasteiger partial charge in [-0.2, -0.15) is 0 Å². The fraction of sp³-hybridized carbons (Fsp3) is 0.214. The van der Waals surface area contributed by atoms with Crippen molar-refractivity contribution >= 4 is 11.5 Å². The van der Waals surface area contributed by atoms with Crippen LogP contribution in [0.25, 0.3) is 0 Å². The smallest absolute Gasteiger partial charge is 0.311 e. The second-order valence-corrected chi connectivity index (χ2v) is 4.34. The molecule has 0 spiro atoms. The average Bonchev–Trinajstić information content (AvgIpc) is 2.47. The summed E-state index contributed by atoms with van der Waals surface area (Å²) in [6, 6.07) is 11.0. The number of anilines is 1. The molecule has 0 atom stereocenters. The Morgan fingerprint density at radius 2 is 1.90 bits per heavy atom. The predicted molar refractivity (Wildman–Crippen MR) is 77.4 cm³/mol. The van der Waals surface area contributed by atoms with E-state index in [-0.39, 0.29) is 11.5 Å². The highest BCUT2D eigenvalue weighted by Crippen LogP contribution is 2.20. The molecule has 0 bridgehead atoms. The zero-order valence-electron chi connectivity index (χ0n) is 11.0. The summed E-state index contributed by atoms with van der Waals surface area (Å²) in [4.78, 5) is 14.4. The van der Waals surface area contributed by atoms with Gasteiger partial charge in [0.2, 0.25) is 5.82 Å². The van der Waals surface area contributed by atoms with Crippen LogP contribution < -0.4 is 11.1 Å². The van der Waals surface area contributed by atoms with Crippen LogP contribution in [0.5, 0.6) is 0 Å². The molecule has 104 valence electrons. The van der Waals surface area contributed by atoms with E-state index in [2.05, 4.69) is 10.3 Å². The second-order valence-electron chi connectivity index (χ2n) is 4.34. The Labute approximate surface area is 116 Å². The number of nitrogens with one attached hydrogen (secondary N) is 1. The van der Waals surface area contributed by atoms with E-state index in [9.17, 15) is 10.1 Å². The highest BCUT2D eigenvalue weighted by Gasteiger charge is 2.13. The van der Waals surface area contributed by atoms with E-state index in [1.54, 1.807) is 6.07 Å². The molecule has 20 heavy (non-hydrogen) atoms. The van der Waals surface area contributed by atoms with Gasteiger partial charge in [0, 0.05) is 18.8 Å². The number of pyridine rings is 1. The topological polar surface area (TPSA) is 94.1 Å². The van der Waals surface area contributed by atoms with E-state index in [1.807, 2.05) is 24.3 Å². The molecule has 0 fully saturated rings. The summed E-state index contributed by atoms with van der Waals surface area (Å²) in [5.74, 6) is 0.281. The third kappa shape index (κ3) is 3.52. The lowest BCUT2D eigenvalue weighted by Gasteiger charge is -2.07. The Bertz CT molecular complexity index is 584. The zero-order valence-corrected chi connectivity index (χ0v) is 11.0. The zero-order chi connectivity index (χ0) is 14.4. The van der Waals surface area contributed by atoms with E-state index in [0.29, 0.717) is 13.1 Å². The van der Waals surface area contributed by atoms with E-state index < -0.39 is 4.92 Å². The number of nitro groups is 1. The Kier molecular flexibility index (Phi) is 4.62. The second kappa shape index (κ2) is 6.63. The number of benzene rings is 1. The molecule has 0 saturated heterocycles. The maximum atomic E-state index is 10.9. The van der Waals surface area contributed by atoms with Crippen LogP contribution in [0.2, 0.25) is 0 Å². The summed E-state index contributed by atoms with van der Waals surface area (Å²) >= 11 is 0. The first-order chi connectivity index (χ1) is 9.70. The third-order valence-electron chi connectivity index (χ3n) is 2.90. The quantitative estimate of drug-likeness (QED) is 0.620. The lowest BCUT2D eigenvalue weighted by atomic mass is 10.1. The largest absolute Gasteiger partial charge is 0.360 e. The Hall–Kier alpha value is -2.47. The minimum atomic E-state index is -0.445. The van der Waals surface area contributed by atoms with Crippen molar-refractivity contribution in [2.45, 2.75) is 13.0 Å². The predicted octanol–water partition coefficient (Wildman–Crippen LogP) is 2.10. The minimum Gasteiger partial charge on any atom is -0.360 e. The van der Waals surface area contributed by atoms with Crippen molar-refractivity contribution in [3.63, 3.8) is 0 Å². The van der Waals surface area contributed by atoms with Crippen LogP contribution in [0.15, 0.2) is 42.6 Å².